The number of rotatable bonds is 4. The summed E-state index contributed by atoms with van der Waals surface area (Å²) in [5, 5.41) is 1.52. The Morgan fingerprint density at radius 3 is 2.91 bits per heavy atom. The van der Waals surface area contributed by atoms with Gasteiger partial charge in [0.25, 0.3) is 0 Å². The van der Waals surface area contributed by atoms with Gasteiger partial charge in [-0.15, -0.1) is 0 Å². The molecule has 0 radical (unpaired) electrons. The molecule has 1 aromatic heterocycles. The Morgan fingerprint density at radius 2 is 2.13 bits per heavy atom. The zero-order valence-corrected chi connectivity index (χ0v) is 13.8. The quantitative estimate of drug-likeness (QED) is 0.934. The van der Waals surface area contributed by atoms with Crippen LogP contribution < -0.4 is 4.72 Å². The number of nitrogens with one attached hydrogen (secondary N) is 1. The average Bonchev–Trinajstić information content (AvgIpc) is 3.29. The van der Waals surface area contributed by atoms with Crippen molar-refractivity contribution in [3.8, 4) is 0 Å². The summed E-state index contributed by atoms with van der Waals surface area (Å²) in [6, 6.07) is 7.02. The standard InChI is InChI=1S/C17H20N2O3S/c1-17(8-10-22-16(17)12-5-6-12)19-23(20,21)15-4-2-3-13-11-18-9-7-14(13)15/h2-4,7,9,11-12,16,19H,5-6,8,10H2,1H3. The number of benzene rings is 1. The highest BCUT2D eigenvalue weighted by atomic mass is 32.2. The molecule has 2 heterocycles. The molecular weight excluding hydrogens is 312 g/mol. The highest BCUT2D eigenvalue weighted by Crippen LogP contribution is 2.43. The number of nitrogens with zero attached hydrogens (tertiary/aromatic N) is 1. The van der Waals surface area contributed by atoms with E-state index in [9.17, 15) is 8.42 Å². The number of hydrogen-bond acceptors (Lipinski definition) is 4. The molecule has 1 aliphatic heterocycles. The Bertz CT molecular complexity index is 843. The summed E-state index contributed by atoms with van der Waals surface area (Å²) in [5.41, 5.74) is -0.533. The van der Waals surface area contributed by atoms with Gasteiger partial charge in [0.1, 0.15) is 0 Å². The van der Waals surface area contributed by atoms with Crippen LogP contribution >= 0.6 is 0 Å². The van der Waals surface area contributed by atoms with Crippen molar-refractivity contribution in [2.45, 2.75) is 42.7 Å². The second-order valence-corrected chi connectivity index (χ2v) is 8.41. The van der Waals surface area contributed by atoms with Crippen LogP contribution in [-0.2, 0) is 14.8 Å². The highest BCUT2D eigenvalue weighted by Gasteiger charge is 2.50. The molecule has 23 heavy (non-hydrogen) atoms. The van der Waals surface area contributed by atoms with Gasteiger partial charge < -0.3 is 4.74 Å². The topological polar surface area (TPSA) is 68.3 Å². The van der Waals surface area contributed by atoms with Crippen molar-refractivity contribution in [1.82, 2.24) is 9.71 Å². The fourth-order valence-corrected chi connectivity index (χ4v) is 5.25. The molecule has 122 valence electrons. The normalized spacial score (nSPS) is 28.3. The molecule has 0 bridgehead atoms. The van der Waals surface area contributed by atoms with Crippen molar-refractivity contribution in [1.29, 1.82) is 0 Å². The van der Waals surface area contributed by atoms with Crippen molar-refractivity contribution < 1.29 is 13.2 Å². The molecule has 5 nitrogen and oxygen atoms in total. The molecule has 4 rings (SSSR count). The van der Waals surface area contributed by atoms with Crippen molar-refractivity contribution in [3.05, 3.63) is 36.7 Å². The Balaban J connectivity index is 1.72. The van der Waals surface area contributed by atoms with Crippen LogP contribution in [0.3, 0.4) is 0 Å². The molecule has 2 fully saturated rings. The summed E-state index contributed by atoms with van der Waals surface area (Å²) < 4.78 is 34.8. The predicted octanol–water partition coefficient (Wildman–Crippen LogP) is 2.47. The second-order valence-electron chi connectivity index (χ2n) is 6.75. The number of hydrogen-bond donors (Lipinski definition) is 1. The molecule has 2 atom stereocenters. The van der Waals surface area contributed by atoms with Gasteiger partial charge in [-0.05, 0) is 44.2 Å². The highest BCUT2D eigenvalue weighted by molar-refractivity contribution is 7.89. The summed E-state index contributed by atoms with van der Waals surface area (Å²) in [6.07, 6.45) is 6.24. The van der Waals surface area contributed by atoms with Gasteiger partial charge in [0.05, 0.1) is 16.5 Å². The first-order valence-corrected chi connectivity index (χ1v) is 9.46. The van der Waals surface area contributed by atoms with Crippen LogP contribution in [0, 0.1) is 5.92 Å². The Hall–Kier alpha value is -1.50. The second kappa shape index (κ2) is 5.26. The van der Waals surface area contributed by atoms with Crippen molar-refractivity contribution >= 4 is 20.8 Å². The van der Waals surface area contributed by atoms with E-state index in [4.69, 9.17) is 4.74 Å². The maximum absolute atomic E-state index is 13.0. The first-order chi connectivity index (χ1) is 11.0. The fourth-order valence-electron chi connectivity index (χ4n) is 3.58. The lowest BCUT2D eigenvalue weighted by molar-refractivity contribution is 0.0629. The Kier molecular flexibility index (Phi) is 3.44. The van der Waals surface area contributed by atoms with E-state index in [-0.39, 0.29) is 6.10 Å². The molecule has 1 aliphatic carbocycles. The van der Waals surface area contributed by atoms with Crippen LogP contribution in [0.4, 0.5) is 0 Å². The van der Waals surface area contributed by atoms with Gasteiger partial charge in [0, 0.05) is 29.8 Å². The van der Waals surface area contributed by atoms with Crippen LogP contribution in [0.15, 0.2) is 41.6 Å². The van der Waals surface area contributed by atoms with Gasteiger partial charge in [0.2, 0.25) is 10.0 Å². The molecule has 1 saturated heterocycles. The average molecular weight is 332 g/mol. The number of fused-ring (bicyclic) bond motifs is 1. The molecule has 1 N–H and O–H groups in total. The summed E-state index contributed by atoms with van der Waals surface area (Å²) in [4.78, 5) is 4.37. The molecule has 1 saturated carbocycles. The molecule has 1 aromatic carbocycles. The van der Waals surface area contributed by atoms with Crippen LogP contribution in [0.25, 0.3) is 10.8 Å². The molecule has 2 unspecified atom stereocenters. The lowest BCUT2D eigenvalue weighted by Crippen LogP contribution is -2.52. The summed E-state index contributed by atoms with van der Waals surface area (Å²) in [7, 11) is -3.63. The molecule has 2 aromatic rings. The Labute approximate surface area is 136 Å². The fraction of sp³-hybridized carbons (Fsp3) is 0.471. The van der Waals surface area contributed by atoms with E-state index < -0.39 is 15.6 Å². The number of pyridine rings is 1. The zero-order valence-electron chi connectivity index (χ0n) is 13.0. The molecular formula is C17H20N2O3S. The Morgan fingerprint density at radius 1 is 1.30 bits per heavy atom. The van der Waals surface area contributed by atoms with E-state index in [0.29, 0.717) is 29.2 Å². The molecule has 6 heteroatoms. The lowest BCUT2D eigenvalue weighted by Gasteiger charge is -2.31. The molecule has 2 aliphatic rings. The maximum Gasteiger partial charge on any atom is 0.241 e. The SMILES string of the molecule is CC1(NS(=O)(=O)c2cccc3cnccc23)CCOC1C1CC1. The van der Waals surface area contributed by atoms with E-state index in [1.54, 1.807) is 30.6 Å². The summed E-state index contributed by atoms with van der Waals surface area (Å²) >= 11 is 0. The minimum Gasteiger partial charge on any atom is -0.376 e. The lowest BCUT2D eigenvalue weighted by atomic mass is 9.92. The number of sulfonamides is 1. The van der Waals surface area contributed by atoms with E-state index in [2.05, 4.69) is 9.71 Å². The van der Waals surface area contributed by atoms with Crippen LogP contribution in [0.1, 0.15) is 26.2 Å². The third-order valence-electron chi connectivity index (χ3n) is 4.89. The summed E-state index contributed by atoms with van der Waals surface area (Å²) in [5.74, 6) is 0.488. The van der Waals surface area contributed by atoms with Crippen LogP contribution in [0.5, 0.6) is 0 Å². The van der Waals surface area contributed by atoms with E-state index in [1.807, 2.05) is 13.0 Å². The maximum atomic E-state index is 13.0. The third kappa shape index (κ3) is 2.65. The zero-order chi connectivity index (χ0) is 16.1. The minimum atomic E-state index is -3.63. The van der Waals surface area contributed by atoms with Gasteiger partial charge in [-0.2, -0.15) is 0 Å². The van der Waals surface area contributed by atoms with Crippen LogP contribution in [0.2, 0.25) is 0 Å². The first-order valence-electron chi connectivity index (χ1n) is 7.98. The van der Waals surface area contributed by atoms with E-state index in [0.717, 1.165) is 18.2 Å². The first kappa shape index (κ1) is 15.1. The molecule has 0 spiro atoms. The van der Waals surface area contributed by atoms with Gasteiger partial charge in [-0.1, -0.05) is 12.1 Å². The van der Waals surface area contributed by atoms with E-state index in [1.165, 1.54) is 0 Å². The van der Waals surface area contributed by atoms with E-state index >= 15 is 0 Å². The minimum absolute atomic E-state index is 0.0195. The smallest absolute Gasteiger partial charge is 0.241 e. The van der Waals surface area contributed by atoms with Crippen molar-refractivity contribution in [3.63, 3.8) is 0 Å². The molecule has 0 amide bonds. The van der Waals surface area contributed by atoms with Crippen molar-refractivity contribution in [2.24, 2.45) is 5.92 Å². The largest absolute Gasteiger partial charge is 0.376 e. The van der Waals surface area contributed by atoms with Gasteiger partial charge in [0.15, 0.2) is 0 Å². The predicted molar refractivity (Wildman–Crippen MR) is 87.6 cm³/mol. The number of ether oxygens (including phenoxy) is 1. The van der Waals surface area contributed by atoms with Gasteiger partial charge in [-0.25, -0.2) is 13.1 Å². The third-order valence-corrected chi connectivity index (χ3v) is 6.56. The van der Waals surface area contributed by atoms with Gasteiger partial charge >= 0.3 is 0 Å². The van der Waals surface area contributed by atoms with Crippen LogP contribution in [-0.4, -0.2) is 31.7 Å². The number of aromatic nitrogens is 1. The summed E-state index contributed by atoms with van der Waals surface area (Å²) in [6.45, 7) is 2.58. The van der Waals surface area contributed by atoms with Crippen molar-refractivity contribution in [2.75, 3.05) is 6.61 Å². The monoisotopic (exact) mass is 332 g/mol. The van der Waals surface area contributed by atoms with Gasteiger partial charge in [-0.3, -0.25) is 4.98 Å².